The summed E-state index contributed by atoms with van der Waals surface area (Å²) in [4.78, 5) is 23.2. The van der Waals surface area contributed by atoms with E-state index in [2.05, 4.69) is 20.0 Å². The summed E-state index contributed by atoms with van der Waals surface area (Å²) in [6.07, 6.45) is 1.64. The molecule has 0 saturated heterocycles. The van der Waals surface area contributed by atoms with Crippen molar-refractivity contribution in [2.75, 3.05) is 42.6 Å². The van der Waals surface area contributed by atoms with E-state index in [4.69, 9.17) is 4.74 Å². The van der Waals surface area contributed by atoms with Gasteiger partial charge in [0.1, 0.15) is 18.1 Å². The molecule has 3 heterocycles. The van der Waals surface area contributed by atoms with Crippen molar-refractivity contribution in [1.82, 2.24) is 15.3 Å². The molecule has 14 heteroatoms. The first-order chi connectivity index (χ1) is 18.3. The minimum Gasteiger partial charge on any atom is -0.475 e. The summed E-state index contributed by atoms with van der Waals surface area (Å²) in [5.41, 5.74) is 1.42. The lowest BCUT2D eigenvalue weighted by atomic mass is 9.64. The Hall–Kier alpha value is -3.52. The van der Waals surface area contributed by atoms with Gasteiger partial charge in [-0.3, -0.25) is 14.5 Å². The molecule has 1 fully saturated rings. The smallest absolute Gasteiger partial charge is 0.401 e. The number of sulfonamides is 1. The Morgan fingerprint density at radius 1 is 1.15 bits per heavy atom. The van der Waals surface area contributed by atoms with Crippen molar-refractivity contribution in [1.29, 1.82) is 0 Å². The molecule has 1 aliphatic heterocycles. The summed E-state index contributed by atoms with van der Waals surface area (Å²) in [5, 5.41) is 2.79. The number of halogens is 4. The average molecular weight is 568 g/mol. The number of benzene rings is 1. The fourth-order valence-electron chi connectivity index (χ4n) is 5.15. The molecular formula is C25H25F4N5O4S. The van der Waals surface area contributed by atoms with Crippen molar-refractivity contribution >= 4 is 38.2 Å². The van der Waals surface area contributed by atoms with Gasteiger partial charge in [-0.2, -0.15) is 13.2 Å². The molecule has 1 spiro atoms. The Balaban J connectivity index is 1.52. The Labute approximate surface area is 221 Å². The molecule has 39 heavy (non-hydrogen) atoms. The summed E-state index contributed by atoms with van der Waals surface area (Å²) < 4.78 is 83.9. The standard InChI is InChI=1S/C25H25F4N5O4S/c1-34-20-12-31-18-10-17(26)15(9-16(18)21(20)24(23(34)35)4-3-5-24)14-8-19(33-39(2,36)37)22(32-11-14)38-7-6-30-13-25(27,28)29/h8-12,30,33H,3-7,13H2,1-2H3. The number of ether oxygens (including phenoxy) is 1. The van der Waals surface area contributed by atoms with Crippen LogP contribution in [-0.2, 0) is 20.2 Å². The highest BCUT2D eigenvalue weighted by Crippen LogP contribution is 2.55. The molecule has 0 radical (unpaired) electrons. The number of carbonyl (C=O) groups is 1. The van der Waals surface area contributed by atoms with Gasteiger partial charge in [0.15, 0.2) is 0 Å². The molecule has 208 valence electrons. The first-order valence-corrected chi connectivity index (χ1v) is 14.0. The van der Waals surface area contributed by atoms with Gasteiger partial charge in [0.25, 0.3) is 0 Å². The van der Waals surface area contributed by atoms with E-state index in [0.717, 1.165) is 18.2 Å². The second kappa shape index (κ2) is 9.59. The number of amides is 1. The van der Waals surface area contributed by atoms with Crippen LogP contribution >= 0.6 is 0 Å². The van der Waals surface area contributed by atoms with Crippen LogP contribution < -0.4 is 19.7 Å². The van der Waals surface area contributed by atoms with Crippen LogP contribution in [0.4, 0.5) is 28.9 Å². The molecule has 1 amide bonds. The topological polar surface area (TPSA) is 114 Å². The number of nitrogens with one attached hydrogen (secondary N) is 2. The van der Waals surface area contributed by atoms with E-state index in [9.17, 15) is 26.4 Å². The number of pyridine rings is 2. The van der Waals surface area contributed by atoms with E-state index in [0.29, 0.717) is 29.4 Å². The van der Waals surface area contributed by atoms with Crippen molar-refractivity contribution in [3.63, 3.8) is 0 Å². The zero-order valence-corrected chi connectivity index (χ0v) is 21.8. The van der Waals surface area contributed by atoms with Crippen LogP contribution in [0.5, 0.6) is 5.88 Å². The number of hydrogen-bond acceptors (Lipinski definition) is 7. The van der Waals surface area contributed by atoms with E-state index in [-0.39, 0.29) is 41.8 Å². The van der Waals surface area contributed by atoms with Crippen LogP contribution in [0.25, 0.3) is 22.0 Å². The number of alkyl halides is 3. The highest BCUT2D eigenvalue weighted by atomic mass is 32.2. The lowest BCUT2D eigenvalue weighted by molar-refractivity contribution is -0.126. The second-order valence-electron chi connectivity index (χ2n) is 9.76. The van der Waals surface area contributed by atoms with E-state index in [1.807, 2.05) is 0 Å². The highest BCUT2D eigenvalue weighted by molar-refractivity contribution is 7.92. The number of hydrogen-bond donors (Lipinski definition) is 2. The summed E-state index contributed by atoms with van der Waals surface area (Å²) in [5.74, 6) is -0.828. The fourth-order valence-corrected chi connectivity index (χ4v) is 5.70. The number of aromatic nitrogens is 2. The van der Waals surface area contributed by atoms with Crippen LogP contribution in [0.15, 0.2) is 30.6 Å². The Kier molecular flexibility index (Phi) is 6.66. The van der Waals surface area contributed by atoms with Gasteiger partial charge in [0, 0.05) is 47.9 Å². The number of nitrogens with zero attached hydrogens (tertiary/aromatic N) is 3. The van der Waals surface area contributed by atoms with Crippen LogP contribution in [0.1, 0.15) is 24.8 Å². The number of likely N-dealkylation sites (N-methyl/N-ethyl adjacent to an activating group) is 1. The monoisotopic (exact) mass is 567 g/mol. The van der Waals surface area contributed by atoms with Gasteiger partial charge in [0.2, 0.25) is 21.8 Å². The number of anilines is 2. The molecule has 1 saturated carbocycles. The van der Waals surface area contributed by atoms with Gasteiger partial charge in [-0.05, 0) is 25.0 Å². The van der Waals surface area contributed by atoms with Crippen molar-refractivity contribution in [2.24, 2.45) is 0 Å². The first-order valence-electron chi connectivity index (χ1n) is 12.1. The molecule has 2 aliphatic rings. The third-order valence-electron chi connectivity index (χ3n) is 7.00. The largest absolute Gasteiger partial charge is 0.475 e. The molecule has 5 rings (SSSR count). The third-order valence-corrected chi connectivity index (χ3v) is 7.59. The van der Waals surface area contributed by atoms with Gasteiger partial charge in [0.05, 0.1) is 35.6 Å². The summed E-state index contributed by atoms with van der Waals surface area (Å²) in [6.45, 7) is -1.61. The summed E-state index contributed by atoms with van der Waals surface area (Å²) in [7, 11) is -2.12. The highest BCUT2D eigenvalue weighted by Gasteiger charge is 2.54. The molecule has 0 atom stereocenters. The molecular weight excluding hydrogens is 542 g/mol. The predicted molar refractivity (Wildman–Crippen MR) is 137 cm³/mol. The first kappa shape index (κ1) is 27.1. The van der Waals surface area contributed by atoms with Gasteiger partial charge >= 0.3 is 6.18 Å². The van der Waals surface area contributed by atoms with Crippen molar-refractivity contribution in [2.45, 2.75) is 30.9 Å². The number of carbonyl (C=O) groups excluding carboxylic acids is 1. The number of fused-ring (bicyclic) bond motifs is 4. The van der Waals surface area contributed by atoms with Crippen LogP contribution in [-0.4, -0.2) is 63.5 Å². The lowest BCUT2D eigenvalue weighted by Crippen LogP contribution is -2.43. The summed E-state index contributed by atoms with van der Waals surface area (Å²) >= 11 is 0. The summed E-state index contributed by atoms with van der Waals surface area (Å²) in [6, 6.07) is 4.19. The van der Waals surface area contributed by atoms with E-state index < -0.39 is 34.0 Å². The molecule has 9 nitrogen and oxygen atoms in total. The molecule has 3 aromatic rings. The van der Waals surface area contributed by atoms with E-state index >= 15 is 4.39 Å². The SMILES string of the molecule is CN1C(=O)C2(CCC2)c2c1cnc1cc(F)c(-c3cnc(OCCNCC(F)(F)F)c(NS(C)(=O)=O)c3)cc21. The average Bonchev–Trinajstić information content (AvgIpc) is 3.05. The van der Waals surface area contributed by atoms with Crippen LogP contribution in [0, 0.1) is 5.82 Å². The van der Waals surface area contributed by atoms with Gasteiger partial charge in [-0.25, -0.2) is 17.8 Å². The van der Waals surface area contributed by atoms with Crippen LogP contribution in [0.3, 0.4) is 0 Å². The third kappa shape index (κ3) is 5.10. The second-order valence-corrected chi connectivity index (χ2v) is 11.5. The quantitative estimate of drug-likeness (QED) is 0.315. The fraction of sp³-hybridized carbons (Fsp3) is 0.400. The maximum absolute atomic E-state index is 15.3. The van der Waals surface area contributed by atoms with Crippen molar-refractivity contribution in [3.8, 4) is 17.0 Å². The predicted octanol–water partition coefficient (Wildman–Crippen LogP) is 3.74. The van der Waals surface area contributed by atoms with Crippen molar-refractivity contribution < 1.29 is 35.5 Å². The minimum atomic E-state index is -4.39. The molecule has 1 aliphatic carbocycles. The van der Waals surface area contributed by atoms with Crippen molar-refractivity contribution in [3.05, 3.63) is 42.0 Å². The molecule has 1 aromatic carbocycles. The Bertz CT molecular complexity index is 1570. The maximum Gasteiger partial charge on any atom is 0.401 e. The van der Waals surface area contributed by atoms with Gasteiger partial charge in [-0.15, -0.1) is 0 Å². The van der Waals surface area contributed by atoms with Gasteiger partial charge in [-0.1, -0.05) is 6.42 Å². The molecule has 0 unspecified atom stereocenters. The van der Waals surface area contributed by atoms with Gasteiger partial charge < -0.3 is 15.0 Å². The number of rotatable bonds is 8. The molecule has 2 aromatic heterocycles. The van der Waals surface area contributed by atoms with Crippen LogP contribution in [0.2, 0.25) is 0 Å². The Morgan fingerprint density at radius 3 is 2.54 bits per heavy atom. The normalized spacial score (nSPS) is 16.5. The zero-order valence-electron chi connectivity index (χ0n) is 21.0. The zero-order chi connectivity index (χ0) is 28.2. The minimum absolute atomic E-state index is 0.0172. The van der Waals surface area contributed by atoms with E-state index in [1.54, 1.807) is 24.2 Å². The molecule has 0 bridgehead atoms. The molecule has 2 N–H and O–H groups in total. The lowest BCUT2D eigenvalue weighted by Gasteiger charge is -2.37. The maximum atomic E-state index is 15.3. The Morgan fingerprint density at radius 2 is 1.90 bits per heavy atom. The van der Waals surface area contributed by atoms with E-state index in [1.165, 1.54) is 18.3 Å².